The van der Waals surface area contributed by atoms with Crippen LogP contribution < -0.4 is 5.73 Å². The van der Waals surface area contributed by atoms with Crippen LogP contribution in [0.3, 0.4) is 0 Å². The van der Waals surface area contributed by atoms with Crippen LogP contribution in [0.1, 0.15) is 49.9 Å². The molecule has 5 heteroatoms. The maximum atomic E-state index is 6.52. The molecule has 4 atom stereocenters. The highest BCUT2D eigenvalue weighted by molar-refractivity contribution is 9.10. The van der Waals surface area contributed by atoms with Gasteiger partial charge in [0.05, 0.1) is 18.8 Å². The zero-order chi connectivity index (χ0) is 14.8. The van der Waals surface area contributed by atoms with E-state index in [-0.39, 0.29) is 6.04 Å². The Bertz CT molecular complexity index is 465. The molecule has 1 aromatic rings. The van der Waals surface area contributed by atoms with Crippen LogP contribution in [0.25, 0.3) is 0 Å². The third-order valence-corrected chi connectivity index (χ3v) is 6.65. The van der Waals surface area contributed by atoms with E-state index in [9.17, 15) is 0 Å². The minimum Gasteiger partial charge on any atom is -0.375 e. The number of thiophene rings is 1. The van der Waals surface area contributed by atoms with E-state index < -0.39 is 0 Å². The number of rotatable bonds is 4. The molecule has 0 amide bonds. The molecule has 0 aromatic carbocycles. The Hall–Kier alpha value is 0.0600. The minimum atomic E-state index is 0.191. The van der Waals surface area contributed by atoms with E-state index in [4.69, 9.17) is 10.5 Å². The molecule has 4 unspecified atom stereocenters. The lowest BCUT2D eigenvalue weighted by Crippen LogP contribution is -2.56. The van der Waals surface area contributed by atoms with Gasteiger partial charge in [-0.05, 0) is 41.3 Å². The van der Waals surface area contributed by atoms with Crippen molar-refractivity contribution in [2.24, 2.45) is 5.73 Å². The van der Waals surface area contributed by atoms with Crippen LogP contribution in [-0.2, 0) is 4.74 Å². The van der Waals surface area contributed by atoms with Gasteiger partial charge in [-0.15, -0.1) is 11.3 Å². The highest BCUT2D eigenvalue weighted by atomic mass is 79.9. The maximum Gasteiger partial charge on any atom is 0.0731 e. The lowest BCUT2D eigenvalue weighted by Gasteiger charge is -2.48. The Balaban J connectivity index is 1.87. The second kappa shape index (κ2) is 7.09. The van der Waals surface area contributed by atoms with Crippen molar-refractivity contribution in [1.29, 1.82) is 0 Å². The molecule has 2 heterocycles. The zero-order valence-corrected chi connectivity index (χ0v) is 15.0. The zero-order valence-electron chi connectivity index (χ0n) is 12.6. The van der Waals surface area contributed by atoms with Gasteiger partial charge in [0, 0.05) is 33.4 Å². The summed E-state index contributed by atoms with van der Waals surface area (Å²) in [5.74, 6) is 0. The van der Waals surface area contributed by atoms with Gasteiger partial charge in [0.15, 0.2) is 0 Å². The van der Waals surface area contributed by atoms with Gasteiger partial charge in [-0.1, -0.05) is 19.8 Å². The maximum absolute atomic E-state index is 6.52. The third kappa shape index (κ3) is 3.37. The van der Waals surface area contributed by atoms with E-state index >= 15 is 0 Å². The first-order valence-corrected chi connectivity index (χ1v) is 9.75. The predicted octanol–water partition coefficient (Wildman–Crippen LogP) is 3.93. The summed E-state index contributed by atoms with van der Waals surface area (Å²) >= 11 is 5.42. The van der Waals surface area contributed by atoms with E-state index in [1.807, 2.05) is 11.3 Å². The fourth-order valence-corrected chi connectivity index (χ4v) is 5.44. The Kier molecular flexibility index (Phi) is 5.38. The van der Waals surface area contributed by atoms with Gasteiger partial charge < -0.3 is 10.5 Å². The Morgan fingerprint density at radius 1 is 1.48 bits per heavy atom. The Morgan fingerprint density at radius 2 is 2.29 bits per heavy atom. The van der Waals surface area contributed by atoms with Crippen LogP contribution in [-0.4, -0.2) is 36.2 Å². The second-order valence-corrected chi connectivity index (χ2v) is 8.04. The Labute approximate surface area is 140 Å². The largest absolute Gasteiger partial charge is 0.375 e. The summed E-state index contributed by atoms with van der Waals surface area (Å²) in [5, 5.41) is 2.17. The van der Waals surface area contributed by atoms with Crippen LogP contribution in [0.4, 0.5) is 0 Å². The molecule has 0 bridgehead atoms. The molecule has 3 rings (SSSR count). The number of morpholine rings is 1. The summed E-state index contributed by atoms with van der Waals surface area (Å²) in [7, 11) is 0. The highest BCUT2D eigenvalue weighted by Crippen LogP contribution is 2.38. The molecule has 21 heavy (non-hydrogen) atoms. The van der Waals surface area contributed by atoms with Crippen molar-refractivity contribution in [3.8, 4) is 0 Å². The number of hydrogen-bond donors (Lipinski definition) is 1. The summed E-state index contributed by atoms with van der Waals surface area (Å²) in [6.07, 6.45) is 6.53. The first-order valence-electron chi connectivity index (χ1n) is 8.07. The first kappa shape index (κ1) is 15.9. The molecule has 1 aromatic heterocycles. The number of ether oxygens (including phenoxy) is 1. The predicted molar refractivity (Wildman–Crippen MR) is 91.7 cm³/mol. The molecule has 1 saturated carbocycles. The molecule has 1 aliphatic carbocycles. The summed E-state index contributed by atoms with van der Waals surface area (Å²) in [4.78, 5) is 4.04. The van der Waals surface area contributed by atoms with Crippen molar-refractivity contribution >= 4 is 27.3 Å². The first-order chi connectivity index (χ1) is 10.2. The molecule has 0 spiro atoms. The van der Waals surface area contributed by atoms with E-state index in [2.05, 4.69) is 39.2 Å². The van der Waals surface area contributed by atoms with Gasteiger partial charge in [-0.3, -0.25) is 4.90 Å². The average molecular weight is 373 g/mol. The van der Waals surface area contributed by atoms with Crippen molar-refractivity contribution in [3.63, 3.8) is 0 Å². The summed E-state index contributed by atoms with van der Waals surface area (Å²) in [6.45, 7) is 4.05. The second-order valence-electron chi connectivity index (χ2n) is 6.18. The van der Waals surface area contributed by atoms with Gasteiger partial charge in [0.25, 0.3) is 0 Å². The molecule has 2 fully saturated rings. The average Bonchev–Trinajstić information content (AvgIpc) is 2.93. The van der Waals surface area contributed by atoms with Crippen molar-refractivity contribution in [2.45, 2.75) is 63.3 Å². The quantitative estimate of drug-likeness (QED) is 0.869. The molecule has 2 aliphatic rings. The SMILES string of the molecule is CCC(N)C(c1cc(Br)cs1)N1CCOC2CCCCC21. The van der Waals surface area contributed by atoms with Crippen molar-refractivity contribution < 1.29 is 4.74 Å². The standard InChI is InChI=1S/C16H25BrN2OS/c1-2-12(18)16(15-9-11(17)10-21-15)19-7-8-20-14-6-4-3-5-13(14)19/h9-10,12-14,16H,2-8,18H2,1H3. The summed E-state index contributed by atoms with van der Waals surface area (Å²) < 4.78 is 7.20. The van der Waals surface area contributed by atoms with Crippen molar-refractivity contribution in [3.05, 3.63) is 20.8 Å². The van der Waals surface area contributed by atoms with Gasteiger partial charge in [-0.2, -0.15) is 0 Å². The van der Waals surface area contributed by atoms with Crippen LogP contribution in [0.2, 0.25) is 0 Å². The normalized spacial score (nSPS) is 29.9. The lowest BCUT2D eigenvalue weighted by atomic mass is 9.87. The smallest absolute Gasteiger partial charge is 0.0731 e. The topological polar surface area (TPSA) is 38.5 Å². The summed E-state index contributed by atoms with van der Waals surface area (Å²) in [6, 6.07) is 3.33. The fraction of sp³-hybridized carbons (Fsp3) is 0.750. The van der Waals surface area contributed by atoms with Gasteiger partial charge >= 0.3 is 0 Å². The van der Waals surface area contributed by atoms with Crippen molar-refractivity contribution in [1.82, 2.24) is 4.90 Å². The third-order valence-electron chi connectivity index (χ3n) is 4.89. The monoisotopic (exact) mass is 372 g/mol. The Morgan fingerprint density at radius 3 is 3.00 bits per heavy atom. The van der Waals surface area contributed by atoms with Crippen LogP contribution in [0.15, 0.2) is 15.9 Å². The molecule has 2 N–H and O–H groups in total. The highest BCUT2D eigenvalue weighted by Gasteiger charge is 2.40. The molecule has 3 nitrogen and oxygen atoms in total. The van der Waals surface area contributed by atoms with Crippen LogP contribution in [0.5, 0.6) is 0 Å². The van der Waals surface area contributed by atoms with E-state index in [1.165, 1.54) is 35.0 Å². The summed E-state index contributed by atoms with van der Waals surface area (Å²) in [5.41, 5.74) is 6.52. The van der Waals surface area contributed by atoms with E-state index in [1.54, 1.807) is 0 Å². The number of nitrogens with two attached hydrogens (primary N) is 1. The molecule has 118 valence electrons. The number of nitrogens with zero attached hydrogens (tertiary/aromatic N) is 1. The minimum absolute atomic E-state index is 0.191. The van der Waals surface area contributed by atoms with Crippen molar-refractivity contribution in [2.75, 3.05) is 13.2 Å². The molecular weight excluding hydrogens is 348 g/mol. The van der Waals surface area contributed by atoms with E-state index in [0.717, 1.165) is 19.6 Å². The van der Waals surface area contributed by atoms with Gasteiger partial charge in [-0.25, -0.2) is 0 Å². The van der Waals surface area contributed by atoms with Crippen LogP contribution >= 0.6 is 27.3 Å². The number of halogens is 1. The number of hydrogen-bond acceptors (Lipinski definition) is 4. The molecular formula is C16H25BrN2OS. The fourth-order valence-electron chi connectivity index (χ4n) is 3.80. The van der Waals surface area contributed by atoms with Crippen LogP contribution in [0, 0.1) is 0 Å². The number of fused-ring (bicyclic) bond motifs is 1. The van der Waals surface area contributed by atoms with E-state index in [0.29, 0.717) is 18.2 Å². The molecule has 1 aliphatic heterocycles. The van der Waals surface area contributed by atoms with Gasteiger partial charge in [0.2, 0.25) is 0 Å². The molecule has 0 radical (unpaired) electrons. The molecule has 1 saturated heterocycles. The van der Waals surface area contributed by atoms with Gasteiger partial charge in [0.1, 0.15) is 0 Å². The lowest BCUT2D eigenvalue weighted by molar-refractivity contribution is -0.106.